The first kappa shape index (κ1) is 18.3. The number of oxime groups is 1. The number of benzene rings is 1. The van der Waals surface area contributed by atoms with Gasteiger partial charge in [0.15, 0.2) is 0 Å². The average Bonchev–Trinajstić information content (AvgIpc) is 2.41. The molecule has 0 aliphatic heterocycles. The van der Waals surface area contributed by atoms with E-state index >= 15 is 0 Å². The van der Waals surface area contributed by atoms with Crippen molar-refractivity contribution in [3.8, 4) is 0 Å². The van der Waals surface area contributed by atoms with Crippen molar-refractivity contribution >= 4 is 23.8 Å². The van der Waals surface area contributed by atoms with Gasteiger partial charge in [0.05, 0.1) is 6.61 Å². The molecule has 0 saturated heterocycles. The normalized spacial score (nSPS) is 13.4. The minimum absolute atomic E-state index is 0.0773. The summed E-state index contributed by atoms with van der Waals surface area (Å²) in [6.07, 6.45) is -6.37. The largest absolute Gasteiger partial charge is 0.462 e. The highest BCUT2D eigenvalue weighted by atomic mass is 35.5. The molecule has 1 unspecified atom stereocenters. The van der Waals surface area contributed by atoms with Gasteiger partial charge in [-0.2, -0.15) is 13.2 Å². The molecule has 122 valence electrons. The summed E-state index contributed by atoms with van der Waals surface area (Å²) in [6, 6.07) is 5.87. The molecule has 0 aliphatic carbocycles. The van der Waals surface area contributed by atoms with Gasteiger partial charge in [0.25, 0.3) is 0 Å². The van der Waals surface area contributed by atoms with E-state index in [0.29, 0.717) is 5.02 Å². The maximum atomic E-state index is 12.1. The van der Waals surface area contributed by atoms with E-state index in [0.717, 1.165) is 0 Å². The van der Waals surface area contributed by atoms with Gasteiger partial charge in [-0.1, -0.05) is 42.7 Å². The van der Waals surface area contributed by atoms with Crippen molar-refractivity contribution < 1.29 is 27.5 Å². The zero-order valence-electron chi connectivity index (χ0n) is 11.9. The molecule has 0 amide bonds. The van der Waals surface area contributed by atoms with Crippen LogP contribution in [-0.2, 0) is 14.4 Å². The first-order chi connectivity index (χ1) is 10.2. The summed E-state index contributed by atoms with van der Waals surface area (Å²) in [4.78, 5) is 16.6. The quantitative estimate of drug-likeness (QED) is 0.445. The highest BCUT2D eigenvalue weighted by molar-refractivity contribution is 6.30. The van der Waals surface area contributed by atoms with Crippen LogP contribution in [0, 0.1) is 5.92 Å². The maximum Gasteiger partial charge on any atom is 0.429 e. The third kappa shape index (κ3) is 6.80. The second-order valence-corrected chi connectivity index (χ2v) is 5.27. The van der Waals surface area contributed by atoms with E-state index in [1.807, 2.05) is 13.8 Å². The highest BCUT2D eigenvalue weighted by Gasteiger charge is 2.27. The molecule has 1 aromatic carbocycles. The lowest BCUT2D eigenvalue weighted by Gasteiger charge is -2.15. The van der Waals surface area contributed by atoms with Gasteiger partial charge in [0, 0.05) is 10.6 Å². The Morgan fingerprint density at radius 3 is 2.41 bits per heavy atom. The van der Waals surface area contributed by atoms with Gasteiger partial charge >= 0.3 is 12.1 Å². The Morgan fingerprint density at radius 1 is 1.32 bits per heavy atom. The van der Waals surface area contributed by atoms with Gasteiger partial charge in [-0.15, -0.1) is 0 Å². The van der Waals surface area contributed by atoms with Crippen LogP contribution in [-0.4, -0.2) is 25.0 Å². The fourth-order valence-electron chi connectivity index (χ4n) is 1.35. The van der Waals surface area contributed by atoms with Crippen molar-refractivity contribution in [3.63, 3.8) is 0 Å². The molecule has 22 heavy (non-hydrogen) atoms. The maximum absolute atomic E-state index is 12.1. The minimum Gasteiger partial charge on any atom is -0.462 e. The molecule has 0 heterocycles. The first-order valence-electron chi connectivity index (χ1n) is 6.38. The third-order valence-electron chi connectivity index (χ3n) is 2.31. The molecule has 0 fully saturated rings. The topological polar surface area (TPSA) is 47.9 Å². The lowest BCUT2D eigenvalue weighted by molar-refractivity contribution is -0.159. The first-order valence-corrected chi connectivity index (χ1v) is 6.76. The van der Waals surface area contributed by atoms with Crippen LogP contribution in [0.5, 0.6) is 0 Å². The highest BCUT2D eigenvalue weighted by Crippen LogP contribution is 2.22. The molecular formula is C14H15ClF3NO3. The molecule has 1 atom stereocenters. The summed E-state index contributed by atoms with van der Waals surface area (Å²) >= 11 is 5.73. The molecule has 0 N–H and O–H groups in total. The van der Waals surface area contributed by atoms with Crippen molar-refractivity contribution in [2.45, 2.75) is 26.1 Å². The third-order valence-corrected chi connectivity index (χ3v) is 2.56. The van der Waals surface area contributed by atoms with Crippen LogP contribution in [0.4, 0.5) is 13.2 Å². The Morgan fingerprint density at radius 2 is 1.91 bits per heavy atom. The van der Waals surface area contributed by atoms with E-state index in [9.17, 15) is 18.0 Å². The molecular weight excluding hydrogens is 323 g/mol. The molecule has 8 heteroatoms. The summed E-state index contributed by atoms with van der Waals surface area (Å²) in [5, 5.41) is 3.22. The van der Waals surface area contributed by atoms with Gasteiger partial charge in [-0.3, -0.25) is 0 Å². The Kier molecular flexibility index (Phi) is 6.67. The standard InChI is InChI=1S/C14H15ClF3NO3/c1-9(2)7-21-13(20)12(22-19-8-14(16,17)18)10-3-5-11(15)6-4-10/h3-6,8-9,12H,7H2,1-2H3. The fraction of sp³-hybridized carbons (Fsp3) is 0.429. The Bertz CT molecular complexity index is 515. The molecule has 0 radical (unpaired) electrons. The Labute approximate surface area is 130 Å². The molecule has 1 aromatic rings. The van der Waals surface area contributed by atoms with E-state index in [1.54, 1.807) is 0 Å². The second kappa shape index (κ2) is 8.03. The predicted molar refractivity (Wildman–Crippen MR) is 75.6 cm³/mol. The molecule has 1 rings (SSSR count). The van der Waals surface area contributed by atoms with Gasteiger partial charge < -0.3 is 9.57 Å². The molecule has 0 aromatic heterocycles. The zero-order valence-corrected chi connectivity index (χ0v) is 12.7. The molecule has 4 nitrogen and oxygen atoms in total. The van der Waals surface area contributed by atoms with Gasteiger partial charge in [-0.05, 0) is 18.1 Å². The lowest BCUT2D eigenvalue weighted by Crippen LogP contribution is -2.20. The van der Waals surface area contributed by atoms with Gasteiger partial charge in [0.1, 0.15) is 6.21 Å². The van der Waals surface area contributed by atoms with Crippen molar-refractivity contribution in [2.24, 2.45) is 11.1 Å². The number of nitrogens with zero attached hydrogens (tertiary/aromatic N) is 1. The zero-order chi connectivity index (χ0) is 16.8. The summed E-state index contributed by atoms with van der Waals surface area (Å²) in [5.74, 6) is -0.746. The number of carbonyl (C=O) groups is 1. The summed E-state index contributed by atoms with van der Waals surface area (Å²) < 4.78 is 41.1. The van der Waals surface area contributed by atoms with Crippen LogP contribution in [0.3, 0.4) is 0 Å². The smallest absolute Gasteiger partial charge is 0.429 e. The van der Waals surface area contributed by atoms with Crippen LogP contribution < -0.4 is 0 Å². The number of ether oxygens (including phenoxy) is 1. The minimum atomic E-state index is -4.63. The monoisotopic (exact) mass is 337 g/mol. The van der Waals surface area contributed by atoms with Crippen LogP contribution in [0.25, 0.3) is 0 Å². The van der Waals surface area contributed by atoms with Crippen molar-refractivity contribution in [2.75, 3.05) is 6.61 Å². The number of carbonyl (C=O) groups excluding carboxylic acids is 1. The molecule has 0 bridgehead atoms. The predicted octanol–water partition coefficient (Wildman–Crippen LogP) is 4.15. The lowest BCUT2D eigenvalue weighted by atomic mass is 10.1. The number of halogens is 4. The number of rotatable bonds is 6. The number of hydrogen-bond donors (Lipinski definition) is 0. The van der Waals surface area contributed by atoms with E-state index in [4.69, 9.17) is 16.3 Å². The summed E-state index contributed by atoms with van der Waals surface area (Å²) in [5.41, 5.74) is 0.289. The van der Waals surface area contributed by atoms with Crippen LogP contribution in [0.2, 0.25) is 5.02 Å². The van der Waals surface area contributed by atoms with Crippen LogP contribution in [0.1, 0.15) is 25.5 Å². The van der Waals surface area contributed by atoms with Crippen molar-refractivity contribution in [1.29, 1.82) is 0 Å². The van der Waals surface area contributed by atoms with Crippen molar-refractivity contribution in [1.82, 2.24) is 0 Å². The van der Waals surface area contributed by atoms with E-state index < -0.39 is 18.2 Å². The Balaban J connectivity index is 2.87. The Hall–Kier alpha value is -1.76. The van der Waals surface area contributed by atoms with Gasteiger partial charge in [-0.25, -0.2) is 4.79 Å². The molecule has 0 spiro atoms. The van der Waals surface area contributed by atoms with Gasteiger partial charge in [0.2, 0.25) is 6.10 Å². The second-order valence-electron chi connectivity index (χ2n) is 4.84. The SMILES string of the molecule is CC(C)COC(=O)C(ON=CC(F)(F)F)c1ccc(Cl)cc1. The summed E-state index contributed by atoms with van der Waals surface area (Å²) in [7, 11) is 0. The molecule has 0 saturated carbocycles. The fourth-order valence-corrected chi connectivity index (χ4v) is 1.48. The van der Waals surface area contributed by atoms with E-state index in [2.05, 4.69) is 9.99 Å². The van der Waals surface area contributed by atoms with Crippen LogP contribution >= 0.6 is 11.6 Å². The number of esters is 1. The van der Waals surface area contributed by atoms with E-state index in [1.165, 1.54) is 24.3 Å². The average molecular weight is 338 g/mol. The number of hydrogen-bond acceptors (Lipinski definition) is 4. The number of alkyl halides is 3. The van der Waals surface area contributed by atoms with Crippen LogP contribution in [0.15, 0.2) is 29.4 Å². The molecule has 0 aliphatic rings. The van der Waals surface area contributed by atoms with Crippen molar-refractivity contribution in [3.05, 3.63) is 34.9 Å². The van der Waals surface area contributed by atoms with E-state index in [-0.39, 0.29) is 24.3 Å². The summed E-state index contributed by atoms with van der Waals surface area (Å²) in [6.45, 7) is 3.77.